The summed E-state index contributed by atoms with van der Waals surface area (Å²) in [7, 11) is 0. The maximum atomic E-state index is 12.5. The molecule has 2 rings (SSSR count). The zero-order valence-corrected chi connectivity index (χ0v) is 17.2. The van der Waals surface area contributed by atoms with Crippen molar-refractivity contribution < 1.29 is 9.53 Å². The fourth-order valence-corrected chi connectivity index (χ4v) is 2.75. The second kappa shape index (κ2) is 10.8. The number of nitriles is 1. The maximum Gasteiger partial charge on any atom is 0.234 e. The average Bonchev–Trinajstić information content (AvgIpc) is 2.72. The summed E-state index contributed by atoms with van der Waals surface area (Å²) in [4.78, 5) is 23.3. The maximum absolute atomic E-state index is 12.5. The van der Waals surface area contributed by atoms with Crippen LogP contribution in [0.3, 0.4) is 0 Å². The Kier molecular flexibility index (Phi) is 8.16. The number of hydrogen-bond acceptors (Lipinski definition) is 6. The van der Waals surface area contributed by atoms with Crippen molar-refractivity contribution >= 4 is 17.7 Å². The predicted octanol–water partition coefficient (Wildman–Crippen LogP) is 4.01. The van der Waals surface area contributed by atoms with Crippen molar-refractivity contribution in [3.05, 3.63) is 54.2 Å². The van der Waals surface area contributed by atoms with Crippen LogP contribution in [0.2, 0.25) is 0 Å². The van der Waals surface area contributed by atoms with Gasteiger partial charge in [-0.1, -0.05) is 43.8 Å². The molecule has 1 atom stereocenters. The Morgan fingerprint density at radius 1 is 1.38 bits per heavy atom. The SMILES string of the molecule is C=CN(c1nc(NC(=O)Cc2ccccc2)nc(OCCC#N)c1C)C(C)CC. The van der Waals surface area contributed by atoms with Gasteiger partial charge in [-0.25, -0.2) is 0 Å². The number of anilines is 2. The zero-order chi connectivity index (χ0) is 21.2. The number of hydrogen-bond donors (Lipinski definition) is 1. The molecule has 2 aromatic rings. The highest BCUT2D eigenvalue weighted by atomic mass is 16.5. The van der Waals surface area contributed by atoms with Crippen LogP contribution in [0.15, 0.2) is 43.1 Å². The summed E-state index contributed by atoms with van der Waals surface area (Å²) in [5, 5.41) is 11.5. The van der Waals surface area contributed by atoms with E-state index in [1.807, 2.05) is 48.2 Å². The minimum Gasteiger partial charge on any atom is -0.476 e. The largest absolute Gasteiger partial charge is 0.476 e. The number of rotatable bonds is 10. The monoisotopic (exact) mass is 393 g/mol. The van der Waals surface area contributed by atoms with Gasteiger partial charge in [-0.2, -0.15) is 15.2 Å². The van der Waals surface area contributed by atoms with Crippen LogP contribution in [0.1, 0.15) is 37.8 Å². The fraction of sp³-hybridized carbons (Fsp3) is 0.364. The first-order valence-corrected chi connectivity index (χ1v) is 9.63. The van der Waals surface area contributed by atoms with Crippen molar-refractivity contribution in [1.29, 1.82) is 5.26 Å². The Bertz CT molecular complexity index is 877. The van der Waals surface area contributed by atoms with Gasteiger partial charge in [0.1, 0.15) is 12.4 Å². The van der Waals surface area contributed by atoms with Crippen molar-refractivity contribution in [2.75, 3.05) is 16.8 Å². The molecule has 0 saturated carbocycles. The van der Waals surface area contributed by atoms with Crippen molar-refractivity contribution in [3.8, 4) is 11.9 Å². The number of carbonyl (C=O) groups is 1. The number of ether oxygens (including phenoxy) is 1. The summed E-state index contributed by atoms with van der Waals surface area (Å²) in [5.74, 6) is 0.901. The molecule has 7 nitrogen and oxygen atoms in total. The van der Waals surface area contributed by atoms with Gasteiger partial charge in [0.15, 0.2) is 0 Å². The number of aromatic nitrogens is 2. The topological polar surface area (TPSA) is 91.1 Å². The number of nitrogens with zero attached hydrogens (tertiary/aromatic N) is 4. The number of nitrogens with one attached hydrogen (secondary N) is 1. The van der Waals surface area contributed by atoms with E-state index in [1.54, 1.807) is 6.20 Å². The van der Waals surface area contributed by atoms with E-state index in [0.29, 0.717) is 11.7 Å². The molecule has 29 heavy (non-hydrogen) atoms. The van der Waals surface area contributed by atoms with Crippen molar-refractivity contribution in [2.45, 2.75) is 46.1 Å². The van der Waals surface area contributed by atoms with Gasteiger partial charge in [-0.05, 0) is 32.0 Å². The Hall–Kier alpha value is -3.40. The van der Waals surface area contributed by atoms with Crippen LogP contribution in [0.25, 0.3) is 0 Å². The quantitative estimate of drug-likeness (QED) is 0.613. The third-order valence-electron chi connectivity index (χ3n) is 4.49. The third kappa shape index (κ3) is 6.04. The van der Waals surface area contributed by atoms with Crippen molar-refractivity contribution in [3.63, 3.8) is 0 Å². The van der Waals surface area contributed by atoms with Gasteiger partial charge >= 0.3 is 0 Å². The molecule has 0 bridgehead atoms. The molecule has 0 aliphatic carbocycles. The standard InChI is InChI=1S/C22H27N5O2/c1-5-16(3)27(6-2)20-17(4)21(29-14-10-13-23)26-22(25-20)24-19(28)15-18-11-8-7-9-12-18/h6-9,11-12,16H,2,5,10,14-15H2,1,3-4H3,(H,24,25,26,28). The van der Waals surface area contributed by atoms with Crippen LogP contribution < -0.4 is 15.0 Å². The molecule has 1 aromatic heterocycles. The molecule has 1 unspecified atom stereocenters. The van der Waals surface area contributed by atoms with Gasteiger partial charge in [-0.3, -0.25) is 10.1 Å². The summed E-state index contributed by atoms with van der Waals surface area (Å²) in [5.41, 5.74) is 1.62. The summed E-state index contributed by atoms with van der Waals surface area (Å²) >= 11 is 0. The zero-order valence-electron chi connectivity index (χ0n) is 17.2. The minimum atomic E-state index is -0.220. The van der Waals surface area contributed by atoms with Gasteiger partial charge in [0, 0.05) is 6.04 Å². The first-order chi connectivity index (χ1) is 14.0. The molecule has 1 amide bonds. The van der Waals surface area contributed by atoms with Gasteiger partial charge in [0.05, 0.1) is 24.5 Å². The van der Waals surface area contributed by atoms with Gasteiger partial charge in [-0.15, -0.1) is 0 Å². The van der Waals surface area contributed by atoms with Crippen LogP contribution in [-0.2, 0) is 11.2 Å². The Morgan fingerprint density at radius 2 is 2.10 bits per heavy atom. The average molecular weight is 393 g/mol. The summed E-state index contributed by atoms with van der Waals surface area (Å²) in [6.45, 7) is 10.1. The van der Waals surface area contributed by atoms with E-state index in [1.165, 1.54) is 0 Å². The van der Waals surface area contributed by atoms with Gasteiger partial charge in [0.2, 0.25) is 17.7 Å². The molecule has 1 heterocycles. The minimum absolute atomic E-state index is 0.154. The van der Waals surface area contributed by atoms with Crippen LogP contribution >= 0.6 is 0 Å². The smallest absolute Gasteiger partial charge is 0.234 e. The predicted molar refractivity (Wildman–Crippen MR) is 114 cm³/mol. The molecule has 0 aliphatic heterocycles. The highest BCUT2D eigenvalue weighted by Gasteiger charge is 2.20. The van der Waals surface area contributed by atoms with Crippen LogP contribution in [0.5, 0.6) is 5.88 Å². The van der Waals surface area contributed by atoms with E-state index in [0.717, 1.165) is 17.5 Å². The van der Waals surface area contributed by atoms with E-state index < -0.39 is 0 Å². The second-order valence-electron chi connectivity index (χ2n) is 6.62. The van der Waals surface area contributed by atoms with E-state index in [-0.39, 0.29) is 37.3 Å². The number of amides is 1. The molecule has 0 saturated heterocycles. The highest BCUT2D eigenvalue weighted by molar-refractivity contribution is 5.91. The lowest BCUT2D eigenvalue weighted by Crippen LogP contribution is -2.29. The Morgan fingerprint density at radius 3 is 2.72 bits per heavy atom. The van der Waals surface area contributed by atoms with Crippen LogP contribution in [0, 0.1) is 18.3 Å². The van der Waals surface area contributed by atoms with E-state index in [4.69, 9.17) is 10.00 Å². The van der Waals surface area contributed by atoms with Crippen LogP contribution in [0.4, 0.5) is 11.8 Å². The third-order valence-corrected chi connectivity index (χ3v) is 4.49. The molecule has 1 aromatic carbocycles. The molecular formula is C22H27N5O2. The Labute approximate surface area is 172 Å². The highest BCUT2D eigenvalue weighted by Crippen LogP contribution is 2.29. The molecule has 1 N–H and O–H groups in total. The molecular weight excluding hydrogens is 366 g/mol. The van der Waals surface area contributed by atoms with Crippen molar-refractivity contribution in [2.24, 2.45) is 0 Å². The normalized spacial score (nSPS) is 11.2. The lowest BCUT2D eigenvalue weighted by molar-refractivity contribution is -0.115. The molecule has 0 aliphatic rings. The first kappa shape index (κ1) is 21.9. The first-order valence-electron chi connectivity index (χ1n) is 9.63. The van der Waals surface area contributed by atoms with E-state index in [9.17, 15) is 4.79 Å². The lowest BCUT2D eigenvalue weighted by Gasteiger charge is -2.28. The van der Waals surface area contributed by atoms with Crippen molar-refractivity contribution in [1.82, 2.24) is 9.97 Å². The second-order valence-corrected chi connectivity index (χ2v) is 6.62. The molecule has 0 spiro atoms. The van der Waals surface area contributed by atoms with Gasteiger partial charge in [0.25, 0.3) is 0 Å². The molecule has 0 fully saturated rings. The Balaban J connectivity index is 2.33. The van der Waals surface area contributed by atoms with E-state index in [2.05, 4.69) is 35.7 Å². The number of carbonyl (C=O) groups excluding carboxylic acids is 1. The fourth-order valence-electron chi connectivity index (χ4n) is 2.75. The molecule has 0 radical (unpaired) electrons. The summed E-state index contributed by atoms with van der Waals surface area (Å²) in [6.07, 6.45) is 3.05. The molecule has 152 valence electrons. The molecule has 7 heteroatoms. The summed E-state index contributed by atoms with van der Waals surface area (Å²) < 4.78 is 5.68. The van der Waals surface area contributed by atoms with E-state index >= 15 is 0 Å². The summed E-state index contributed by atoms with van der Waals surface area (Å²) in [6, 6.07) is 11.7. The van der Waals surface area contributed by atoms with Gasteiger partial charge < -0.3 is 9.64 Å². The number of benzene rings is 1. The lowest BCUT2D eigenvalue weighted by atomic mass is 10.1. The van der Waals surface area contributed by atoms with Crippen LogP contribution in [-0.4, -0.2) is 28.5 Å².